The molecule has 0 aliphatic heterocycles. The van der Waals surface area contributed by atoms with Crippen molar-refractivity contribution in [3.8, 4) is 0 Å². The van der Waals surface area contributed by atoms with Gasteiger partial charge in [-0.1, -0.05) is 11.6 Å². The molecule has 2 aromatic rings. The number of hydrogen-bond donors (Lipinski definition) is 0. The number of hydrogen-bond acceptors (Lipinski definition) is 2. The Hall–Kier alpha value is -1.41. The molecular weight excluding hydrogens is 198 g/mol. The van der Waals surface area contributed by atoms with E-state index in [-0.39, 0.29) is 0 Å². The van der Waals surface area contributed by atoms with Crippen LogP contribution in [-0.4, -0.2) is 11.3 Å². The van der Waals surface area contributed by atoms with Gasteiger partial charge in [-0.15, -0.1) is 0 Å². The van der Waals surface area contributed by atoms with E-state index in [2.05, 4.69) is 4.98 Å². The van der Waals surface area contributed by atoms with Gasteiger partial charge in [0, 0.05) is 10.4 Å². The molecule has 3 heteroatoms. The molecule has 0 saturated carbocycles. The second-order valence-corrected chi connectivity index (χ2v) is 3.58. The van der Waals surface area contributed by atoms with Gasteiger partial charge in [0.1, 0.15) is 5.69 Å². The number of benzene rings is 1. The highest BCUT2D eigenvalue weighted by Gasteiger charge is 2.02. The normalized spacial score (nSPS) is 10.4. The van der Waals surface area contributed by atoms with E-state index < -0.39 is 0 Å². The molecule has 1 heterocycles. The molecule has 70 valence electrons. The van der Waals surface area contributed by atoms with E-state index in [0.717, 1.165) is 22.8 Å². The number of fused-ring (bicyclic) bond motifs is 1. The van der Waals surface area contributed by atoms with E-state index in [4.69, 9.17) is 11.6 Å². The van der Waals surface area contributed by atoms with Gasteiger partial charge in [0.2, 0.25) is 0 Å². The Morgan fingerprint density at radius 3 is 2.86 bits per heavy atom. The number of carbonyl (C=O) groups is 1. The van der Waals surface area contributed by atoms with Gasteiger partial charge in [0.05, 0.1) is 5.52 Å². The van der Waals surface area contributed by atoms with Crippen molar-refractivity contribution < 1.29 is 4.79 Å². The second kappa shape index (κ2) is 3.39. The van der Waals surface area contributed by atoms with Crippen LogP contribution in [0.5, 0.6) is 0 Å². The van der Waals surface area contributed by atoms with Crippen LogP contribution in [0.4, 0.5) is 0 Å². The van der Waals surface area contributed by atoms with Crippen LogP contribution in [0.2, 0.25) is 5.02 Å². The Morgan fingerprint density at radius 2 is 2.14 bits per heavy atom. The van der Waals surface area contributed by atoms with E-state index >= 15 is 0 Å². The van der Waals surface area contributed by atoms with Gasteiger partial charge < -0.3 is 0 Å². The van der Waals surface area contributed by atoms with Crippen LogP contribution < -0.4 is 0 Å². The van der Waals surface area contributed by atoms with Gasteiger partial charge in [0.25, 0.3) is 0 Å². The Balaban J connectivity index is 2.79. The predicted octanol–water partition coefficient (Wildman–Crippen LogP) is 3.01. The Bertz CT molecular complexity index is 508. The van der Waals surface area contributed by atoms with Crippen LogP contribution >= 0.6 is 11.6 Å². The lowest BCUT2D eigenvalue weighted by molar-refractivity contribution is 0.111. The molecule has 14 heavy (non-hydrogen) atoms. The topological polar surface area (TPSA) is 30.0 Å². The maximum absolute atomic E-state index is 10.6. The summed E-state index contributed by atoms with van der Waals surface area (Å²) in [6.45, 7) is 1.86. The van der Waals surface area contributed by atoms with Crippen LogP contribution in [0.3, 0.4) is 0 Å². The van der Waals surface area contributed by atoms with Crippen molar-refractivity contribution in [1.82, 2.24) is 4.98 Å². The number of aromatic nitrogens is 1. The number of nitrogens with zero attached hydrogens (tertiary/aromatic N) is 1. The number of aryl methyl sites for hydroxylation is 1. The smallest absolute Gasteiger partial charge is 0.168 e. The molecule has 0 bridgehead atoms. The van der Waals surface area contributed by atoms with Crippen molar-refractivity contribution in [1.29, 1.82) is 0 Å². The number of halogens is 1. The largest absolute Gasteiger partial charge is 0.296 e. The molecule has 2 rings (SSSR count). The van der Waals surface area contributed by atoms with Gasteiger partial charge in [-0.2, -0.15) is 0 Å². The molecule has 0 fully saturated rings. The lowest BCUT2D eigenvalue weighted by atomic mass is 10.1. The van der Waals surface area contributed by atoms with Crippen molar-refractivity contribution in [2.24, 2.45) is 0 Å². The summed E-state index contributed by atoms with van der Waals surface area (Å²) in [6, 6.07) is 7.33. The third-order valence-electron chi connectivity index (χ3n) is 2.12. The third kappa shape index (κ3) is 1.49. The van der Waals surface area contributed by atoms with Crippen LogP contribution in [0.25, 0.3) is 10.9 Å². The van der Waals surface area contributed by atoms with Gasteiger partial charge in [-0.3, -0.25) is 4.79 Å². The molecule has 0 spiro atoms. The number of rotatable bonds is 1. The number of pyridine rings is 1. The fraction of sp³-hybridized carbons (Fsp3) is 0.0909. The zero-order valence-electron chi connectivity index (χ0n) is 7.62. The molecule has 0 unspecified atom stereocenters. The average Bonchev–Trinajstić information content (AvgIpc) is 2.16. The minimum atomic E-state index is 0.486. The van der Waals surface area contributed by atoms with E-state index in [1.165, 1.54) is 0 Å². The van der Waals surface area contributed by atoms with Crippen LogP contribution in [0.1, 0.15) is 16.1 Å². The fourth-order valence-corrected chi connectivity index (χ4v) is 1.57. The molecule has 0 atom stereocenters. The van der Waals surface area contributed by atoms with Gasteiger partial charge in [0.15, 0.2) is 6.29 Å². The number of carbonyl (C=O) groups excluding carboxylic acids is 1. The van der Waals surface area contributed by atoms with Crippen LogP contribution in [-0.2, 0) is 0 Å². The minimum absolute atomic E-state index is 0.486. The SMILES string of the molecule is Cc1cc2cc(Cl)ccc2nc1C=O. The lowest BCUT2D eigenvalue weighted by Crippen LogP contribution is -1.92. The molecule has 1 aromatic carbocycles. The maximum atomic E-state index is 10.6. The summed E-state index contributed by atoms with van der Waals surface area (Å²) in [5.74, 6) is 0. The van der Waals surface area contributed by atoms with Gasteiger partial charge in [-0.25, -0.2) is 4.98 Å². The summed E-state index contributed by atoms with van der Waals surface area (Å²) >= 11 is 5.85. The van der Waals surface area contributed by atoms with Crippen molar-refractivity contribution in [2.75, 3.05) is 0 Å². The predicted molar refractivity (Wildman–Crippen MR) is 56.9 cm³/mol. The first-order valence-corrected chi connectivity index (χ1v) is 4.60. The number of aldehydes is 1. The third-order valence-corrected chi connectivity index (χ3v) is 2.35. The van der Waals surface area contributed by atoms with Crippen molar-refractivity contribution in [2.45, 2.75) is 6.92 Å². The first kappa shape index (κ1) is 9.16. The Kier molecular flexibility index (Phi) is 2.22. The standard InChI is InChI=1S/C11H8ClNO/c1-7-4-8-5-9(12)2-3-10(8)13-11(7)6-14/h2-6H,1H3. The molecule has 2 nitrogen and oxygen atoms in total. The minimum Gasteiger partial charge on any atom is -0.296 e. The van der Waals surface area contributed by atoms with Crippen molar-refractivity contribution >= 4 is 28.8 Å². The van der Waals surface area contributed by atoms with E-state index in [1.54, 1.807) is 6.07 Å². The summed E-state index contributed by atoms with van der Waals surface area (Å²) in [7, 11) is 0. The van der Waals surface area contributed by atoms with E-state index in [0.29, 0.717) is 10.7 Å². The molecule has 0 aliphatic rings. The van der Waals surface area contributed by atoms with E-state index in [9.17, 15) is 4.79 Å². The summed E-state index contributed by atoms with van der Waals surface area (Å²) in [6.07, 6.45) is 0.767. The van der Waals surface area contributed by atoms with E-state index in [1.807, 2.05) is 25.1 Å². The van der Waals surface area contributed by atoms with Gasteiger partial charge >= 0.3 is 0 Å². The monoisotopic (exact) mass is 205 g/mol. The molecule has 0 saturated heterocycles. The maximum Gasteiger partial charge on any atom is 0.168 e. The first-order chi connectivity index (χ1) is 6.70. The molecule has 0 amide bonds. The molecule has 0 radical (unpaired) electrons. The molecule has 1 aromatic heterocycles. The highest BCUT2D eigenvalue weighted by Crippen LogP contribution is 2.19. The van der Waals surface area contributed by atoms with Crippen molar-refractivity contribution in [3.05, 3.63) is 40.5 Å². The quantitative estimate of drug-likeness (QED) is 0.670. The highest BCUT2D eigenvalue weighted by atomic mass is 35.5. The summed E-state index contributed by atoms with van der Waals surface area (Å²) in [5.41, 5.74) is 2.15. The second-order valence-electron chi connectivity index (χ2n) is 3.15. The van der Waals surface area contributed by atoms with Crippen LogP contribution in [0.15, 0.2) is 24.3 Å². The fourth-order valence-electron chi connectivity index (χ4n) is 1.39. The average molecular weight is 206 g/mol. The summed E-state index contributed by atoms with van der Waals surface area (Å²) < 4.78 is 0. The van der Waals surface area contributed by atoms with Crippen LogP contribution in [0, 0.1) is 6.92 Å². The Morgan fingerprint density at radius 1 is 1.36 bits per heavy atom. The van der Waals surface area contributed by atoms with Crippen molar-refractivity contribution in [3.63, 3.8) is 0 Å². The molecular formula is C11H8ClNO. The molecule has 0 N–H and O–H groups in total. The zero-order chi connectivity index (χ0) is 10.1. The zero-order valence-corrected chi connectivity index (χ0v) is 8.38. The highest BCUT2D eigenvalue weighted by molar-refractivity contribution is 6.31. The molecule has 0 aliphatic carbocycles. The van der Waals surface area contributed by atoms with Gasteiger partial charge in [-0.05, 0) is 36.8 Å². The summed E-state index contributed by atoms with van der Waals surface area (Å²) in [4.78, 5) is 14.9. The lowest BCUT2D eigenvalue weighted by Gasteiger charge is -2.01. The Labute approximate surface area is 86.5 Å². The first-order valence-electron chi connectivity index (χ1n) is 4.23. The summed E-state index contributed by atoms with van der Waals surface area (Å²) in [5, 5.41) is 1.64.